The Kier molecular flexibility index (Phi) is 4.62. The van der Waals surface area contributed by atoms with Gasteiger partial charge >= 0.3 is 11.9 Å². The van der Waals surface area contributed by atoms with Gasteiger partial charge < -0.3 is 19.3 Å². The number of aliphatic hydroxyl groups is 1. The van der Waals surface area contributed by atoms with E-state index in [0.717, 1.165) is 38.5 Å². The molecule has 0 amide bonds. The molecular formula is C21H30O6. The Bertz CT molecular complexity index is 672. The van der Waals surface area contributed by atoms with Crippen LogP contribution in [0.3, 0.4) is 0 Å². The van der Waals surface area contributed by atoms with Crippen molar-refractivity contribution in [3.8, 4) is 0 Å². The van der Waals surface area contributed by atoms with Crippen molar-refractivity contribution in [2.75, 3.05) is 13.7 Å². The maximum atomic E-state index is 12.5. The number of hydrogen-bond acceptors (Lipinski definition) is 6. The van der Waals surface area contributed by atoms with Gasteiger partial charge in [-0.1, -0.05) is 19.9 Å². The standard InChI is InChI=1S/C21H30O6/c1-12-7-10-21(11-22)14(18(24)25-3)5-4-6-15(21)20(12,2)9-8-13-16-19(26-16)27-17(13)23/h5,12-13,15-16,19,22H,4,6-11H2,1-3H3/t12-,13+,15-,16+,19-,20+,21-/m1/s1. The molecule has 7 atom stereocenters. The molecule has 2 heterocycles. The van der Waals surface area contributed by atoms with Gasteiger partial charge in [-0.05, 0) is 55.8 Å². The van der Waals surface area contributed by atoms with Gasteiger partial charge in [-0.2, -0.15) is 0 Å². The number of allylic oxidation sites excluding steroid dienone is 1. The van der Waals surface area contributed by atoms with Crippen molar-refractivity contribution in [2.24, 2.45) is 28.6 Å². The Morgan fingerprint density at radius 1 is 1.41 bits per heavy atom. The van der Waals surface area contributed by atoms with Crippen LogP contribution in [0.5, 0.6) is 0 Å². The van der Waals surface area contributed by atoms with Crippen molar-refractivity contribution in [3.05, 3.63) is 11.6 Å². The van der Waals surface area contributed by atoms with E-state index in [2.05, 4.69) is 13.8 Å². The molecule has 0 unspecified atom stereocenters. The summed E-state index contributed by atoms with van der Waals surface area (Å²) in [5.41, 5.74) is 0.0381. The van der Waals surface area contributed by atoms with Gasteiger partial charge in [-0.15, -0.1) is 0 Å². The fourth-order valence-electron chi connectivity index (χ4n) is 6.14. The summed E-state index contributed by atoms with van der Waals surface area (Å²) in [6.07, 6.45) is 6.67. The van der Waals surface area contributed by atoms with E-state index >= 15 is 0 Å². The first-order valence-electron chi connectivity index (χ1n) is 10.1. The fourth-order valence-corrected chi connectivity index (χ4v) is 6.14. The summed E-state index contributed by atoms with van der Waals surface area (Å²) < 4.78 is 15.6. The highest BCUT2D eigenvalue weighted by molar-refractivity contribution is 5.90. The minimum absolute atomic E-state index is 0.0415. The first kappa shape index (κ1) is 18.9. The van der Waals surface area contributed by atoms with Crippen LogP contribution in [0.15, 0.2) is 11.6 Å². The Balaban J connectivity index is 1.60. The number of methoxy groups -OCH3 is 1. The summed E-state index contributed by atoms with van der Waals surface area (Å²) in [7, 11) is 1.40. The molecule has 4 rings (SSSR count). The number of carbonyl (C=O) groups is 2. The zero-order valence-corrected chi connectivity index (χ0v) is 16.4. The molecule has 2 aliphatic heterocycles. The summed E-state index contributed by atoms with van der Waals surface area (Å²) in [6.45, 7) is 4.50. The molecule has 0 aromatic heterocycles. The number of carbonyl (C=O) groups excluding carboxylic acids is 2. The van der Waals surface area contributed by atoms with E-state index in [1.807, 2.05) is 6.08 Å². The topological polar surface area (TPSA) is 85.4 Å². The summed E-state index contributed by atoms with van der Waals surface area (Å²) in [5, 5.41) is 10.4. The summed E-state index contributed by atoms with van der Waals surface area (Å²) in [5.74, 6) is -0.00263. The molecule has 6 heteroatoms. The highest BCUT2D eigenvalue weighted by atomic mass is 16.8. The minimum atomic E-state index is -0.540. The minimum Gasteiger partial charge on any atom is -0.466 e. The third-order valence-electron chi connectivity index (χ3n) is 8.05. The average molecular weight is 378 g/mol. The Hall–Kier alpha value is -1.40. The monoisotopic (exact) mass is 378 g/mol. The number of aliphatic hydroxyl groups excluding tert-OH is 1. The Morgan fingerprint density at radius 3 is 2.81 bits per heavy atom. The zero-order chi connectivity index (χ0) is 19.4. The van der Waals surface area contributed by atoms with Crippen molar-refractivity contribution in [1.82, 2.24) is 0 Å². The van der Waals surface area contributed by atoms with E-state index in [9.17, 15) is 14.7 Å². The van der Waals surface area contributed by atoms with Crippen LogP contribution < -0.4 is 0 Å². The number of fused-ring (bicyclic) bond motifs is 2. The maximum Gasteiger partial charge on any atom is 0.334 e. The molecule has 1 saturated carbocycles. The smallest absolute Gasteiger partial charge is 0.334 e. The predicted octanol–water partition coefficient (Wildman–Crippen LogP) is 2.59. The van der Waals surface area contributed by atoms with Gasteiger partial charge in [-0.25, -0.2) is 4.79 Å². The molecule has 3 fully saturated rings. The molecule has 0 radical (unpaired) electrons. The van der Waals surface area contributed by atoms with Crippen LogP contribution in [0.25, 0.3) is 0 Å². The number of epoxide rings is 1. The second kappa shape index (κ2) is 6.59. The third-order valence-corrected chi connectivity index (χ3v) is 8.05. The van der Waals surface area contributed by atoms with E-state index in [-0.39, 0.29) is 48.2 Å². The molecule has 6 nitrogen and oxygen atoms in total. The van der Waals surface area contributed by atoms with Crippen LogP contribution >= 0.6 is 0 Å². The van der Waals surface area contributed by atoms with Gasteiger partial charge in [0.15, 0.2) is 0 Å². The summed E-state index contributed by atoms with van der Waals surface area (Å²) in [4.78, 5) is 24.5. The van der Waals surface area contributed by atoms with Crippen molar-refractivity contribution in [1.29, 1.82) is 0 Å². The third kappa shape index (κ3) is 2.75. The van der Waals surface area contributed by atoms with Gasteiger partial charge in [0.25, 0.3) is 0 Å². The number of ether oxygens (including phenoxy) is 3. The number of esters is 2. The van der Waals surface area contributed by atoms with E-state index in [4.69, 9.17) is 14.2 Å². The lowest BCUT2D eigenvalue weighted by molar-refractivity contribution is -0.152. The molecule has 1 N–H and O–H groups in total. The van der Waals surface area contributed by atoms with Gasteiger partial charge in [0.05, 0.1) is 19.6 Å². The highest BCUT2D eigenvalue weighted by Crippen LogP contribution is 2.62. The lowest BCUT2D eigenvalue weighted by Crippen LogP contribution is -2.54. The number of rotatable bonds is 5. The number of hydrogen-bond donors (Lipinski definition) is 1. The van der Waals surface area contributed by atoms with E-state index < -0.39 is 5.41 Å². The van der Waals surface area contributed by atoms with E-state index in [0.29, 0.717) is 11.5 Å². The largest absolute Gasteiger partial charge is 0.466 e. The molecule has 0 spiro atoms. The van der Waals surface area contributed by atoms with E-state index in [1.165, 1.54) is 7.11 Å². The maximum absolute atomic E-state index is 12.5. The lowest BCUT2D eigenvalue weighted by Gasteiger charge is -2.58. The second-order valence-corrected chi connectivity index (χ2v) is 9.05. The highest BCUT2D eigenvalue weighted by Gasteiger charge is 2.61. The molecule has 0 aromatic carbocycles. The van der Waals surface area contributed by atoms with Crippen molar-refractivity contribution < 1.29 is 28.9 Å². The fraction of sp³-hybridized carbons (Fsp3) is 0.810. The normalized spacial score (nSPS) is 45.4. The van der Waals surface area contributed by atoms with Gasteiger partial charge in [0.1, 0.15) is 6.10 Å². The second-order valence-electron chi connectivity index (χ2n) is 9.05. The molecule has 2 saturated heterocycles. The Labute approximate surface area is 160 Å². The first-order valence-corrected chi connectivity index (χ1v) is 10.1. The molecule has 0 bridgehead atoms. The van der Waals surface area contributed by atoms with E-state index in [1.54, 1.807) is 0 Å². The Morgan fingerprint density at radius 2 is 2.19 bits per heavy atom. The van der Waals surface area contributed by atoms with Crippen molar-refractivity contribution in [3.63, 3.8) is 0 Å². The van der Waals surface area contributed by atoms with Gasteiger partial charge in [-0.3, -0.25) is 4.79 Å². The molecule has 27 heavy (non-hydrogen) atoms. The first-order chi connectivity index (χ1) is 12.9. The van der Waals surface area contributed by atoms with Gasteiger partial charge in [0.2, 0.25) is 6.29 Å². The van der Waals surface area contributed by atoms with Crippen LogP contribution in [-0.2, 0) is 23.8 Å². The molecular weight excluding hydrogens is 348 g/mol. The predicted molar refractivity (Wildman–Crippen MR) is 96.3 cm³/mol. The molecule has 0 aromatic rings. The van der Waals surface area contributed by atoms with Gasteiger partial charge in [0, 0.05) is 11.0 Å². The molecule has 4 aliphatic rings. The van der Waals surface area contributed by atoms with Crippen molar-refractivity contribution in [2.45, 2.75) is 64.8 Å². The molecule has 150 valence electrons. The summed E-state index contributed by atoms with van der Waals surface area (Å²) >= 11 is 0. The van der Waals surface area contributed by atoms with Crippen LogP contribution in [-0.4, -0.2) is 43.2 Å². The summed E-state index contributed by atoms with van der Waals surface area (Å²) in [6, 6.07) is 0. The average Bonchev–Trinajstić information content (AvgIpc) is 3.35. The zero-order valence-electron chi connectivity index (χ0n) is 16.4. The van der Waals surface area contributed by atoms with Crippen LogP contribution in [0.1, 0.15) is 52.4 Å². The van der Waals surface area contributed by atoms with Crippen LogP contribution in [0.4, 0.5) is 0 Å². The van der Waals surface area contributed by atoms with Crippen LogP contribution in [0, 0.1) is 28.6 Å². The SMILES string of the molecule is COC(=O)C1=CCC[C@H]2[C@@]1(CO)CC[C@@H](C)[C@]2(C)CC[C@@H]1C(=O)O[C@H]2O[C@H]21. The lowest BCUT2D eigenvalue weighted by atomic mass is 9.46. The molecule has 2 aliphatic carbocycles. The quantitative estimate of drug-likeness (QED) is 0.585. The van der Waals surface area contributed by atoms with Crippen LogP contribution in [0.2, 0.25) is 0 Å². The van der Waals surface area contributed by atoms with Crippen molar-refractivity contribution >= 4 is 11.9 Å².